The quantitative estimate of drug-likeness (QED) is 0.619. The number of nitrogens with zero attached hydrogens (tertiary/aromatic N) is 1. The van der Waals surface area contributed by atoms with E-state index in [1.165, 1.54) is 0 Å². The van der Waals surface area contributed by atoms with Gasteiger partial charge in [-0.1, -0.05) is 36.4 Å². The normalized spacial score (nSPS) is 25.3. The van der Waals surface area contributed by atoms with Crippen LogP contribution in [0.3, 0.4) is 0 Å². The third kappa shape index (κ3) is 5.48. The molecule has 2 aromatic carbocycles. The van der Waals surface area contributed by atoms with E-state index >= 15 is 0 Å². The summed E-state index contributed by atoms with van der Waals surface area (Å²) < 4.78 is 0. The van der Waals surface area contributed by atoms with Gasteiger partial charge in [0.15, 0.2) is 5.78 Å². The van der Waals surface area contributed by atoms with Crippen LogP contribution in [0.4, 0.5) is 0 Å². The van der Waals surface area contributed by atoms with E-state index in [0.29, 0.717) is 12.5 Å². The van der Waals surface area contributed by atoms with Crippen LogP contribution in [-0.2, 0) is 16.0 Å². The molecule has 2 aliphatic rings. The standard InChI is InChI=1S/C29H36N2O4/c1-18-16-24(29(34)35)13-12-23(18)17-26(32)27-25(21-6-4-3-5-7-21)14-15-31(27)28(33)22-10-8-20(9-11-22)19(2)30/h3-7,12-13,16,19-20,22,25,27H,8-11,14-15,17,30H2,1-2H3,(H,34,35)/t19?,20?,22?,25-,27-/m0/s1. The van der Waals surface area contributed by atoms with Gasteiger partial charge in [-0.25, -0.2) is 4.79 Å². The molecular weight excluding hydrogens is 440 g/mol. The van der Waals surface area contributed by atoms with Gasteiger partial charge >= 0.3 is 5.97 Å². The highest BCUT2D eigenvalue weighted by Crippen LogP contribution is 2.38. The van der Waals surface area contributed by atoms with E-state index in [2.05, 4.69) is 0 Å². The van der Waals surface area contributed by atoms with Gasteiger partial charge in [-0.05, 0) is 80.7 Å². The number of benzene rings is 2. The van der Waals surface area contributed by atoms with Crippen molar-refractivity contribution in [1.29, 1.82) is 0 Å². The smallest absolute Gasteiger partial charge is 0.335 e. The summed E-state index contributed by atoms with van der Waals surface area (Å²) in [5.74, 6) is -0.494. The number of ketones is 1. The molecule has 2 aromatic rings. The molecular formula is C29H36N2O4. The van der Waals surface area contributed by atoms with E-state index in [1.807, 2.05) is 49.1 Å². The molecule has 35 heavy (non-hydrogen) atoms. The van der Waals surface area contributed by atoms with Crippen LogP contribution in [0.2, 0.25) is 0 Å². The Bertz CT molecular complexity index is 1070. The number of hydrogen-bond donors (Lipinski definition) is 2. The fourth-order valence-electron chi connectivity index (χ4n) is 5.93. The minimum absolute atomic E-state index is 0.0140. The maximum absolute atomic E-state index is 13.8. The first-order valence-corrected chi connectivity index (χ1v) is 12.7. The predicted octanol–water partition coefficient (Wildman–Crippen LogP) is 4.34. The number of carbonyl (C=O) groups is 3. The van der Waals surface area contributed by atoms with E-state index in [9.17, 15) is 19.5 Å². The summed E-state index contributed by atoms with van der Waals surface area (Å²) in [5.41, 5.74) is 8.97. The molecule has 0 spiro atoms. The molecule has 186 valence electrons. The van der Waals surface area contributed by atoms with E-state index < -0.39 is 12.0 Å². The molecule has 0 radical (unpaired) electrons. The highest BCUT2D eigenvalue weighted by Gasteiger charge is 2.44. The topological polar surface area (TPSA) is 101 Å². The van der Waals surface area contributed by atoms with Crippen molar-refractivity contribution in [3.8, 4) is 0 Å². The number of aromatic carboxylic acids is 1. The molecule has 3 atom stereocenters. The maximum Gasteiger partial charge on any atom is 0.335 e. The Balaban J connectivity index is 1.57. The maximum atomic E-state index is 13.8. The second-order valence-corrected chi connectivity index (χ2v) is 10.3. The van der Waals surface area contributed by atoms with Gasteiger partial charge in [0.25, 0.3) is 0 Å². The molecule has 0 aromatic heterocycles. The lowest BCUT2D eigenvalue weighted by atomic mass is 9.78. The van der Waals surface area contributed by atoms with Gasteiger partial charge in [0.2, 0.25) is 5.91 Å². The van der Waals surface area contributed by atoms with Crippen molar-refractivity contribution in [1.82, 2.24) is 4.90 Å². The first-order chi connectivity index (χ1) is 16.8. The average molecular weight is 477 g/mol. The zero-order valence-electron chi connectivity index (χ0n) is 20.7. The van der Waals surface area contributed by atoms with Crippen LogP contribution in [-0.4, -0.2) is 46.3 Å². The monoisotopic (exact) mass is 476 g/mol. The number of nitrogens with two attached hydrogens (primary N) is 1. The minimum atomic E-state index is -0.985. The fraction of sp³-hybridized carbons (Fsp3) is 0.483. The molecule has 0 bridgehead atoms. The number of Topliss-reactive ketones (excluding diaryl/α,β-unsaturated/α-hetero) is 1. The summed E-state index contributed by atoms with van der Waals surface area (Å²) >= 11 is 0. The Labute approximate surface area is 207 Å². The van der Waals surface area contributed by atoms with Crippen molar-refractivity contribution in [3.05, 3.63) is 70.8 Å². The van der Waals surface area contributed by atoms with Crippen LogP contribution in [0.25, 0.3) is 0 Å². The third-order valence-electron chi connectivity index (χ3n) is 8.06. The van der Waals surface area contributed by atoms with Crippen molar-refractivity contribution in [2.75, 3.05) is 6.54 Å². The Morgan fingerprint density at radius 3 is 2.31 bits per heavy atom. The highest BCUT2D eigenvalue weighted by molar-refractivity contribution is 5.93. The average Bonchev–Trinajstić information content (AvgIpc) is 3.30. The molecule has 1 amide bonds. The Morgan fingerprint density at radius 1 is 1.03 bits per heavy atom. The summed E-state index contributed by atoms with van der Waals surface area (Å²) in [6.45, 7) is 4.45. The zero-order valence-corrected chi connectivity index (χ0v) is 20.7. The lowest BCUT2D eigenvalue weighted by molar-refractivity contribution is -0.142. The molecule has 6 nitrogen and oxygen atoms in total. The largest absolute Gasteiger partial charge is 0.478 e. The lowest BCUT2D eigenvalue weighted by Crippen LogP contribution is -2.47. The Hall–Kier alpha value is -2.99. The van der Waals surface area contributed by atoms with Gasteiger partial charge in [0.05, 0.1) is 11.6 Å². The number of likely N-dealkylation sites (tertiary alicyclic amines) is 1. The SMILES string of the molecule is Cc1cc(C(=O)O)ccc1CC(=O)[C@@H]1[C@H](c2ccccc2)CCN1C(=O)C1CCC(C(C)N)CC1. The number of aryl methyl sites for hydroxylation is 1. The number of carbonyl (C=O) groups excluding carboxylic acids is 2. The number of carboxylic acid groups (broad SMARTS) is 1. The van der Waals surface area contributed by atoms with E-state index in [0.717, 1.165) is 48.8 Å². The number of amides is 1. The molecule has 1 aliphatic heterocycles. The van der Waals surface area contributed by atoms with E-state index in [-0.39, 0.29) is 41.6 Å². The van der Waals surface area contributed by atoms with Gasteiger partial charge in [-0.3, -0.25) is 9.59 Å². The summed E-state index contributed by atoms with van der Waals surface area (Å²) in [6, 6.07) is 14.5. The number of hydrogen-bond acceptors (Lipinski definition) is 4. The fourth-order valence-corrected chi connectivity index (χ4v) is 5.93. The Kier molecular flexibility index (Phi) is 7.70. The minimum Gasteiger partial charge on any atom is -0.478 e. The van der Waals surface area contributed by atoms with E-state index in [4.69, 9.17) is 5.73 Å². The molecule has 2 fully saturated rings. The van der Waals surface area contributed by atoms with Crippen molar-refractivity contribution in [2.24, 2.45) is 17.6 Å². The molecule has 1 heterocycles. The molecule has 6 heteroatoms. The van der Waals surface area contributed by atoms with Crippen LogP contribution in [0.15, 0.2) is 48.5 Å². The zero-order chi connectivity index (χ0) is 25.1. The number of rotatable bonds is 7. The van der Waals surface area contributed by atoms with Gasteiger partial charge in [0.1, 0.15) is 0 Å². The summed E-state index contributed by atoms with van der Waals surface area (Å²) in [7, 11) is 0. The molecule has 1 saturated heterocycles. The number of carboxylic acids is 1. The second-order valence-electron chi connectivity index (χ2n) is 10.3. The van der Waals surface area contributed by atoms with Gasteiger partial charge in [0, 0.05) is 30.8 Å². The molecule has 1 aliphatic carbocycles. The molecule has 1 unspecified atom stereocenters. The Morgan fingerprint density at radius 2 is 1.71 bits per heavy atom. The van der Waals surface area contributed by atoms with Crippen molar-refractivity contribution < 1.29 is 19.5 Å². The predicted molar refractivity (Wildman–Crippen MR) is 135 cm³/mol. The van der Waals surface area contributed by atoms with Crippen molar-refractivity contribution >= 4 is 17.7 Å². The highest BCUT2D eigenvalue weighted by atomic mass is 16.4. The van der Waals surface area contributed by atoms with Crippen LogP contribution in [0.5, 0.6) is 0 Å². The third-order valence-corrected chi connectivity index (χ3v) is 8.06. The lowest BCUT2D eigenvalue weighted by Gasteiger charge is -2.35. The molecule has 3 N–H and O–H groups in total. The summed E-state index contributed by atoms with van der Waals surface area (Å²) in [4.78, 5) is 40.6. The molecule has 4 rings (SSSR count). The van der Waals surface area contributed by atoms with Gasteiger partial charge in [-0.2, -0.15) is 0 Å². The van der Waals surface area contributed by atoms with Gasteiger partial charge < -0.3 is 15.7 Å². The van der Waals surface area contributed by atoms with Crippen LogP contribution < -0.4 is 5.73 Å². The summed E-state index contributed by atoms with van der Waals surface area (Å²) in [5, 5.41) is 9.26. The van der Waals surface area contributed by atoms with Crippen LogP contribution in [0, 0.1) is 18.8 Å². The van der Waals surface area contributed by atoms with Crippen LogP contribution >= 0.6 is 0 Å². The summed E-state index contributed by atoms with van der Waals surface area (Å²) in [6.07, 6.45) is 4.51. The molecule has 1 saturated carbocycles. The second kappa shape index (κ2) is 10.7. The van der Waals surface area contributed by atoms with Gasteiger partial charge in [-0.15, -0.1) is 0 Å². The first kappa shape index (κ1) is 25.1. The first-order valence-electron chi connectivity index (χ1n) is 12.7. The van der Waals surface area contributed by atoms with E-state index in [1.54, 1.807) is 18.2 Å². The van der Waals surface area contributed by atoms with Crippen molar-refractivity contribution in [2.45, 2.75) is 70.4 Å². The van der Waals surface area contributed by atoms with Crippen molar-refractivity contribution in [3.63, 3.8) is 0 Å². The van der Waals surface area contributed by atoms with Crippen LogP contribution in [0.1, 0.15) is 72.0 Å².